The van der Waals surface area contributed by atoms with Crippen LogP contribution in [0.5, 0.6) is 5.75 Å². The Kier molecular flexibility index (Phi) is 15.1. The molecule has 0 fully saturated rings. The topological polar surface area (TPSA) is 12.5 Å². The first-order valence-electron chi connectivity index (χ1n) is 9.10. The Labute approximate surface area is 161 Å². The lowest BCUT2D eigenvalue weighted by atomic mass is 10.1. The lowest BCUT2D eigenvalue weighted by Gasteiger charge is -2.12. The van der Waals surface area contributed by atoms with Crippen LogP contribution in [-0.4, -0.2) is 31.6 Å². The molecule has 0 atom stereocenters. The van der Waals surface area contributed by atoms with Gasteiger partial charge in [0.15, 0.2) is 0 Å². The molecule has 0 aliphatic heterocycles. The quantitative estimate of drug-likeness (QED) is 0.351. The molecule has 1 aromatic carbocycles. The summed E-state index contributed by atoms with van der Waals surface area (Å²) in [6, 6.07) is 8.33. The van der Waals surface area contributed by atoms with Crippen LogP contribution in [0, 0.1) is 6.92 Å². The van der Waals surface area contributed by atoms with Gasteiger partial charge in [0, 0.05) is 0 Å². The van der Waals surface area contributed by atoms with Crippen LogP contribution in [0.25, 0.3) is 0 Å². The van der Waals surface area contributed by atoms with Crippen molar-refractivity contribution in [2.24, 2.45) is 0 Å². The fraction of sp³-hybridized carbons (Fsp3) is 0.700. The number of rotatable bonds is 13. The molecule has 0 bridgehead atoms. The second-order valence-electron chi connectivity index (χ2n) is 6.39. The summed E-state index contributed by atoms with van der Waals surface area (Å²) in [5.41, 5.74) is 1.29. The van der Waals surface area contributed by atoms with E-state index >= 15 is 0 Å². The van der Waals surface area contributed by atoms with Gasteiger partial charge >= 0.3 is 0 Å². The van der Waals surface area contributed by atoms with E-state index in [2.05, 4.69) is 50.1 Å². The van der Waals surface area contributed by atoms with Crippen molar-refractivity contribution < 1.29 is 28.7 Å². The van der Waals surface area contributed by atoms with Crippen LogP contribution in [0.4, 0.5) is 0 Å². The van der Waals surface area contributed by atoms with Gasteiger partial charge in [-0.1, -0.05) is 63.1 Å². The second-order valence-corrected chi connectivity index (χ2v) is 6.39. The van der Waals surface area contributed by atoms with E-state index in [1.807, 2.05) is 0 Å². The number of aryl methyl sites for hydroxylation is 1. The maximum atomic E-state index is 5.75. The van der Waals surface area contributed by atoms with E-state index in [0.29, 0.717) is 0 Å². The molecule has 0 heterocycles. The molecule has 1 aromatic rings. The summed E-state index contributed by atoms with van der Waals surface area (Å²) in [7, 11) is 2.21. The third-order valence-corrected chi connectivity index (χ3v) is 4.26. The summed E-state index contributed by atoms with van der Waals surface area (Å²) in [6.07, 6.45) is 10.8. The third-order valence-electron chi connectivity index (χ3n) is 4.26. The highest BCUT2D eigenvalue weighted by molar-refractivity contribution is 5.26. The number of unbranched alkanes of at least 4 members (excludes halogenated alkanes) is 7. The Morgan fingerprint density at radius 2 is 1.35 bits per heavy atom. The van der Waals surface area contributed by atoms with Crippen LogP contribution < -0.4 is 28.7 Å². The minimum absolute atomic E-state index is 0. The van der Waals surface area contributed by atoms with Crippen LogP contribution in [0.2, 0.25) is 0 Å². The van der Waals surface area contributed by atoms with Gasteiger partial charge in [0.25, 0.3) is 0 Å². The van der Waals surface area contributed by atoms with Gasteiger partial charge in [0.05, 0.1) is 6.61 Å². The number of benzene rings is 1. The second kappa shape index (κ2) is 15.3. The number of ether oxygens (including phenoxy) is 1. The van der Waals surface area contributed by atoms with Gasteiger partial charge in [-0.2, -0.15) is 0 Å². The molecular weight excluding hydrogens is 397 g/mol. The van der Waals surface area contributed by atoms with Crippen molar-refractivity contribution in [3.8, 4) is 5.75 Å². The molecule has 2 nitrogen and oxygen atoms in total. The zero-order chi connectivity index (χ0) is 16.0. The van der Waals surface area contributed by atoms with Gasteiger partial charge < -0.3 is 33.6 Å². The highest BCUT2D eigenvalue weighted by atomic mass is 127. The predicted octanol–water partition coefficient (Wildman–Crippen LogP) is 2.45. The Morgan fingerprint density at radius 3 is 1.91 bits per heavy atom. The van der Waals surface area contributed by atoms with Crippen molar-refractivity contribution in [1.82, 2.24) is 4.90 Å². The number of hydrogen-bond acceptors (Lipinski definition) is 2. The fourth-order valence-electron chi connectivity index (χ4n) is 2.53. The average Bonchev–Trinajstić information content (AvgIpc) is 2.54. The molecule has 0 unspecified atom stereocenters. The number of nitrogens with zero attached hydrogens (tertiary/aromatic N) is 1. The molecule has 0 amide bonds. The molecule has 0 spiro atoms. The van der Waals surface area contributed by atoms with Gasteiger partial charge in [-0.05, 0) is 52.0 Å². The molecule has 0 aromatic heterocycles. The van der Waals surface area contributed by atoms with Gasteiger partial charge in [-0.3, -0.25) is 0 Å². The molecule has 0 saturated heterocycles. The zero-order valence-electron chi connectivity index (χ0n) is 15.3. The molecule has 134 valence electrons. The number of halogens is 1. The molecule has 0 aliphatic carbocycles. The standard InChI is InChI=1S/C20H35NO.HI/c1-4-21(3)17-11-9-7-5-6-8-10-12-18-22-20-15-13-19(2)14-16-20;/h13-16H,4-12,17-18H2,1-3H3;1H/p-1. The van der Waals surface area contributed by atoms with E-state index < -0.39 is 0 Å². The Bertz CT molecular complexity index is 366. The molecule has 0 saturated carbocycles. The smallest absolute Gasteiger partial charge is 0.119 e. The van der Waals surface area contributed by atoms with Crippen molar-refractivity contribution in [2.45, 2.75) is 65.2 Å². The van der Waals surface area contributed by atoms with Gasteiger partial charge in [0.2, 0.25) is 0 Å². The molecule has 1 rings (SSSR count). The van der Waals surface area contributed by atoms with Gasteiger partial charge in [0.1, 0.15) is 5.75 Å². The van der Waals surface area contributed by atoms with E-state index in [1.54, 1.807) is 0 Å². The molecular formula is C20H35INO-. The highest BCUT2D eigenvalue weighted by Gasteiger charge is 1.96. The summed E-state index contributed by atoms with van der Waals surface area (Å²) in [5.74, 6) is 1.00. The lowest BCUT2D eigenvalue weighted by molar-refractivity contribution is -0.00000533. The first kappa shape index (κ1) is 22.7. The monoisotopic (exact) mass is 432 g/mol. The van der Waals surface area contributed by atoms with Crippen LogP contribution in [0.15, 0.2) is 24.3 Å². The molecule has 23 heavy (non-hydrogen) atoms. The predicted molar refractivity (Wildman–Crippen MR) is 96.8 cm³/mol. The minimum atomic E-state index is 0. The maximum absolute atomic E-state index is 5.75. The molecule has 3 heteroatoms. The van der Waals surface area contributed by atoms with E-state index in [4.69, 9.17) is 4.74 Å². The van der Waals surface area contributed by atoms with E-state index in [1.165, 1.54) is 70.0 Å². The third kappa shape index (κ3) is 12.8. The van der Waals surface area contributed by atoms with Gasteiger partial charge in [-0.15, -0.1) is 0 Å². The van der Waals surface area contributed by atoms with E-state index in [-0.39, 0.29) is 24.0 Å². The van der Waals surface area contributed by atoms with Crippen molar-refractivity contribution in [1.29, 1.82) is 0 Å². The van der Waals surface area contributed by atoms with Crippen LogP contribution in [-0.2, 0) is 0 Å². The Hall–Kier alpha value is -0.290. The molecule has 0 radical (unpaired) electrons. The lowest BCUT2D eigenvalue weighted by Crippen LogP contribution is -3.00. The average molecular weight is 432 g/mol. The summed E-state index contributed by atoms with van der Waals surface area (Å²) >= 11 is 0. The SMILES string of the molecule is CCN(C)CCCCCCCCCCOc1ccc(C)cc1.[I-]. The van der Waals surface area contributed by atoms with Crippen molar-refractivity contribution >= 4 is 0 Å². The number of hydrogen-bond donors (Lipinski definition) is 0. The van der Waals surface area contributed by atoms with E-state index in [9.17, 15) is 0 Å². The van der Waals surface area contributed by atoms with Crippen LogP contribution >= 0.6 is 0 Å². The zero-order valence-corrected chi connectivity index (χ0v) is 17.5. The molecule has 0 aliphatic rings. The normalized spacial score (nSPS) is 10.6. The van der Waals surface area contributed by atoms with Crippen molar-refractivity contribution in [2.75, 3.05) is 26.7 Å². The fourth-order valence-corrected chi connectivity index (χ4v) is 2.53. The first-order chi connectivity index (χ1) is 10.7. The highest BCUT2D eigenvalue weighted by Crippen LogP contribution is 2.13. The van der Waals surface area contributed by atoms with Crippen molar-refractivity contribution in [3.05, 3.63) is 29.8 Å². The minimum Gasteiger partial charge on any atom is -1.00 e. The van der Waals surface area contributed by atoms with Crippen molar-refractivity contribution in [3.63, 3.8) is 0 Å². The Morgan fingerprint density at radius 1 is 0.826 bits per heavy atom. The van der Waals surface area contributed by atoms with Gasteiger partial charge in [-0.25, -0.2) is 0 Å². The summed E-state index contributed by atoms with van der Waals surface area (Å²) < 4.78 is 5.75. The van der Waals surface area contributed by atoms with Crippen LogP contribution in [0.1, 0.15) is 63.9 Å². The Balaban J connectivity index is 0.00000484. The summed E-state index contributed by atoms with van der Waals surface area (Å²) in [5, 5.41) is 0. The summed E-state index contributed by atoms with van der Waals surface area (Å²) in [4.78, 5) is 2.40. The summed E-state index contributed by atoms with van der Waals surface area (Å²) in [6.45, 7) is 7.61. The first-order valence-corrected chi connectivity index (χ1v) is 9.10. The largest absolute Gasteiger partial charge is 1.00 e. The van der Waals surface area contributed by atoms with Crippen LogP contribution in [0.3, 0.4) is 0 Å². The van der Waals surface area contributed by atoms with E-state index in [0.717, 1.165) is 12.4 Å². The molecule has 0 N–H and O–H groups in total. The maximum Gasteiger partial charge on any atom is 0.119 e.